The minimum atomic E-state index is -0.990. The Bertz CT molecular complexity index is 2610. The van der Waals surface area contributed by atoms with Crippen molar-refractivity contribution in [2.75, 3.05) is 65.7 Å². The summed E-state index contributed by atoms with van der Waals surface area (Å²) in [6.07, 6.45) is 4.69. The maximum Gasteiger partial charge on any atom is 0.308 e. The van der Waals surface area contributed by atoms with E-state index in [4.69, 9.17) is 86.2 Å². The number of allylic oxidation sites excluding steroid dienone is 1. The van der Waals surface area contributed by atoms with Crippen molar-refractivity contribution < 1.29 is 115 Å². The fourth-order valence-electron chi connectivity index (χ4n) is 18.4. The number of rotatable bonds is 27. The molecule has 6 bridgehead atoms. The van der Waals surface area contributed by atoms with Gasteiger partial charge in [0.25, 0.3) is 0 Å². The van der Waals surface area contributed by atoms with Crippen LogP contribution >= 0.6 is 0 Å². The molecule has 0 aromatic rings. The quantitative estimate of drug-likeness (QED) is 0.0355. The molecule has 12 saturated heterocycles. The minimum Gasteiger partial charge on any atom is -0.469 e. The molecular formula is C68H104N2O24. The van der Waals surface area contributed by atoms with Gasteiger partial charge >= 0.3 is 29.8 Å². The molecule has 0 aromatic heterocycles. The molecule has 24 atom stereocenters. The lowest BCUT2D eigenvalue weighted by Crippen LogP contribution is -2.70. The molecule has 94 heavy (non-hydrogen) atoms. The van der Waals surface area contributed by atoms with Gasteiger partial charge in [0.05, 0.1) is 44.5 Å². The molecule has 3 spiro atoms. The van der Waals surface area contributed by atoms with E-state index in [0.29, 0.717) is 62.4 Å². The van der Waals surface area contributed by atoms with E-state index >= 15 is 0 Å². The number of aliphatic hydroxyl groups excluding tert-OH is 1. The molecule has 0 radical (unpaired) electrons. The zero-order chi connectivity index (χ0) is 66.5. The summed E-state index contributed by atoms with van der Waals surface area (Å²) in [7, 11) is 0. The molecule has 0 aromatic carbocycles. The SMILES string of the molecule is C=C(CCC(=O)OCCN(CCO)CCN(CCOC(=O)CCC(=O)O[C@@H]1O[C@@H]2O[C@]3(C)CC[C@H]4[C@H](C)CC[C@@H]([C@H]1C)[C@@]24OO3)CCOC(=O)CCC(=O)O[C@@H]1O[C@@H]2O[C@]3(C)CC[C@H]4[C@H](C)CC[C@@H]([C@H]1C)[C@@]24OO3)O[C@@H]1O[C@@H]2O[C@]3(C)CC[C@H]4[C@H](C)CC[C@@H]([C@H]1C)[C@@]24OO3. The monoisotopic (exact) mass is 1330 g/mol. The van der Waals surface area contributed by atoms with Crippen molar-refractivity contribution in [2.24, 2.45) is 71.0 Å². The zero-order valence-corrected chi connectivity index (χ0v) is 56.6. The number of aliphatic hydroxyl groups is 1. The molecule has 26 heteroatoms. The normalized spacial score (nSPS) is 43.8. The minimum absolute atomic E-state index is 0.0160. The van der Waals surface area contributed by atoms with E-state index in [1.54, 1.807) is 0 Å². The maximum atomic E-state index is 13.4. The molecule has 26 nitrogen and oxygen atoms in total. The third-order valence-corrected chi connectivity index (χ3v) is 23.9. The van der Waals surface area contributed by atoms with Gasteiger partial charge in [-0.2, -0.15) is 0 Å². The second kappa shape index (κ2) is 28.5. The van der Waals surface area contributed by atoms with Gasteiger partial charge in [0.2, 0.25) is 36.2 Å². The van der Waals surface area contributed by atoms with E-state index in [0.717, 1.165) is 57.8 Å². The average Bonchev–Trinajstić information content (AvgIpc) is 1.31. The number of esters is 5. The van der Waals surface area contributed by atoms with E-state index in [1.807, 2.05) is 44.4 Å². The van der Waals surface area contributed by atoms with E-state index in [9.17, 15) is 29.1 Å². The summed E-state index contributed by atoms with van der Waals surface area (Å²) in [5.41, 5.74) is -2.37. The molecular weight excluding hydrogens is 1230 g/mol. The van der Waals surface area contributed by atoms with Gasteiger partial charge in [-0.15, -0.1) is 0 Å². The van der Waals surface area contributed by atoms with Crippen molar-refractivity contribution in [3.63, 3.8) is 0 Å². The fourth-order valence-corrected chi connectivity index (χ4v) is 18.4. The summed E-state index contributed by atoms with van der Waals surface area (Å²) in [6.45, 7) is 23.9. The second-order valence-electron chi connectivity index (χ2n) is 30.0. The van der Waals surface area contributed by atoms with Crippen LogP contribution in [0.15, 0.2) is 12.3 Å². The van der Waals surface area contributed by atoms with Crippen LogP contribution in [0.25, 0.3) is 0 Å². The summed E-state index contributed by atoms with van der Waals surface area (Å²) in [4.78, 5) is 107. The Morgan fingerprint density at radius 3 is 1.07 bits per heavy atom. The van der Waals surface area contributed by atoms with Gasteiger partial charge in [0, 0.05) is 100 Å². The zero-order valence-electron chi connectivity index (χ0n) is 56.6. The first-order chi connectivity index (χ1) is 44.9. The number of carbonyl (C=O) groups is 5. The third kappa shape index (κ3) is 13.9. The topological polar surface area (TPSA) is 278 Å². The number of ether oxygens (including phenoxy) is 12. The molecule has 12 heterocycles. The second-order valence-corrected chi connectivity index (χ2v) is 30.0. The summed E-state index contributed by atoms with van der Waals surface area (Å²) in [6, 6.07) is 0. The lowest BCUT2D eigenvalue weighted by molar-refractivity contribution is -0.576. The van der Waals surface area contributed by atoms with Crippen molar-refractivity contribution in [3.8, 4) is 0 Å². The molecule has 0 amide bonds. The summed E-state index contributed by atoms with van der Waals surface area (Å²) in [5, 5.41) is 10.1. The van der Waals surface area contributed by atoms with E-state index < -0.39 is 102 Å². The highest BCUT2D eigenvalue weighted by atomic mass is 17.3. The van der Waals surface area contributed by atoms with Crippen molar-refractivity contribution in [2.45, 2.75) is 250 Å². The predicted molar refractivity (Wildman–Crippen MR) is 323 cm³/mol. The number of nitrogens with zero attached hydrogens (tertiary/aromatic N) is 2. The van der Waals surface area contributed by atoms with Gasteiger partial charge in [0.1, 0.15) is 19.8 Å². The van der Waals surface area contributed by atoms with Crippen LogP contribution < -0.4 is 0 Å². The Morgan fingerprint density at radius 2 is 0.723 bits per heavy atom. The van der Waals surface area contributed by atoms with Gasteiger partial charge in [0.15, 0.2) is 35.7 Å². The Hall–Kier alpha value is -3.71. The number of carbonyl (C=O) groups excluding carboxylic acids is 5. The van der Waals surface area contributed by atoms with Gasteiger partial charge in [-0.1, -0.05) is 48.1 Å². The summed E-state index contributed by atoms with van der Waals surface area (Å²) < 4.78 is 73.8. The van der Waals surface area contributed by atoms with Gasteiger partial charge in [-0.05, 0) is 114 Å². The first-order valence-electron chi connectivity index (χ1n) is 35.3. The predicted octanol–water partition coefficient (Wildman–Crippen LogP) is 7.79. The highest BCUT2D eigenvalue weighted by Gasteiger charge is 2.73. The Labute approximate surface area is 551 Å². The standard InChI is InChI=1S/C68H104N2O24/c1-39-11-15-49-43(5)57(83-60-66(49)46(39)23-26-63(8,86-60)89-92-66)80-42(4)14-18-52(72)77-36-32-69(31-35-71)29-30-70(33-37-78-53(73)19-21-55(75)81-58-44(6)50-16-12-40(2)47-24-27-64(9)87-61(84-58)67(47,50)93-90-64)34-38-79-54(74)20-22-56(76)82-59-45(7)51-17-13-41(3)48-25-28-65(10)88-62(85-59)68(48,51)94-91-65/h39-41,43-51,57-62,71H,4,11-38H2,1-3,5-10H3/t39-,40-,41-,43-,44-,45-,46+,47+,48+,49+,50+,51+,57-,58-,59-,60-,61-,62-,63+,64+,65+,66-,67-,68-/m1/s1. The van der Waals surface area contributed by atoms with E-state index in [2.05, 4.69) is 34.3 Å². The van der Waals surface area contributed by atoms with Crippen molar-refractivity contribution >= 4 is 29.8 Å². The fraction of sp³-hybridized carbons (Fsp3) is 0.897. The van der Waals surface area contributed by atoms with Crippen LogP contribution in [0.1, 0.15) is 178 Å². The van der Waals surface area contributed by atoms with Crippen LogP contribution in [0.2, 0.25) is 0 Å². The first kappa shape index (κ1) is 70.2. The number of hydrogen-bond acceptors (Lipinski definition) is 26. The molecule has 15 fully saturated rings. The van der Waals surface area contributed by atoms with Crippen LogP contribution in [0.4, 0.5) is 0 Å². The van der Waals surface area contributed by atoms with Crippen LogP contribution in [0, 0.1) is 71.0 Å². The average molecular weight is 1330 g/mol. The maximum absolute atomic E-state index is 13.4. The van der Waals surface area contributed by atoms with Gasteiger partial charge < -0.3 is 61.9 Å². The van der Waals surface area contributed by atoms with Crippen molar-refractivity contribution in [1.82, 2.24) is 9.80 Å². The molecule has 3 saturated carbocycles. The van der Waals surface area contributed by atoms with Gasteiger partial charge in [-0.3, -0.25) is 33.8 Å². The largest absolute Gasteiger partial charge is 0.469 e. The summed E-state index contributed by atoms with van der Waals surface area (Å²) in [5.74, 6) is -4.35. The third-order valence-electron chi connectivity index (χ3n) is 23.9. The molecule has 1 N–H and O–H groups in total. The highest BCUT2D eigenvalue weighted by molar-refractivity contribution is 5.78. The van der Waals surface area contributed by atoms with Crippen LogP contribution in [-0.4, -0.2) is 182 Å². The highest BCUT2D eigenvalue weighted by Crippen LogP contribution is 2.64. The number of fused-ring (bicyclic) bond motifs is 6. The molecule has 0 unspecified atom stereocenters. The Kier molecular flexibility index (Phi) is 21.3. The van der Waals surface area contributed by atoms with Crippen LogP contribution in [-0.2, 0) is 110 Å². The number of hydrogen-bond donors (Lipinski definition) is 1. The molecule has 3 aliphatic carbocycles. The lowest BCUT2D eigenvalue weighted by Gasteiger charge is -2.60. The van der Waals surface area contributed by atoms with E-state index in [1.165, 1.54) is 0 Å². The van der Waals surface area contributed by atoms with Crippen molar-refractivity contribution in [1.29, 1.82) is 0 Å². The molecule has 15 rings (SSSR count). The van der Waals surface area contributed by atoms with Crippen LogP contribution in [0.5, 0.6) is 0 Å². The Balaban J connectivity index is 0.602. The van der Waals surface area contributed by atoms with Crippen molar-refractivity contribution in [3.05, 3.63) is 12.3 Å². The van der Waals surface area contributed by atoms with E-state index in [-0.39, 0.29) is 138 Å². The first-order valence-corrected chi connectivity index (χ1v) is 35.3. The molecule has 530 valence electrons. The molecule has 15 aliphatic rings. The molecule has 12 aliphatic heterocycles. The Morgan fingerprint density at radius 1 is 0.404 bits per heavy atom. The lowest BCUT2D eigenvalue weighted by atomic mass is 9.58. The van der Waals surface area contributed by atoms with Gasteiger partial charge in [-0.25, -0.2) is 29.3 Å². The van der Waals surface area contributed by atoms with Crippen LogP contribution in [0.3, 0.4) is 0 Å². The summed E-state index contributed by atoms with van der Waals surface area (Å²) >= 11 is 0. The smallest absolute Gasteiger partial charge is 0.308 e.